The molecular weight excluding hydrogens is 464 g/mol. The molecule has 2 aromatic carbocycles. The number of rotatable bonds is 6. The number of hydrogen-bond acceptors (Lipinski definition) is 6. The molecule has 0 saturated heterocycles. The number of nitrogens with one attached hydrogen (secondary N) is 1. The number of hydrogen-bond donors (Lipinski definition) is 1. The van der Waals surface area contributed by atoms with Gasteiger partial charge in [0.1, 0.15) is 11.1 Å². The average molecular weight is 487 g/mol. The van der Waals surface area contributed by atoms with Gasteiger partial charge in [0, 0.05) is 4.88 Å². The monoisotopic (exact) mass is 486 g/mol. The standard InChI is InChI=1S/C26H22N4O2S2/c27-14-20-18-10-5-7-13-22(18)34-24(20)29-23(31)16-33-26-28-21-12-6-4-11-19(21)25(32)30(26)15-17-8-2-1-3-9-17/h1-4,6,8-9,11-12H,5,7,10,13,15-16H2,(H,29,31). The van der Waals surface area contributed by atoms with Crippen LogP contribution in [0.15, 0.2) is 64.5 Å². The normalized spacial score (nSPS) is 12.8. The van der Waals surface area contributed by atoms with E-state index in [9.17, 15) is 14.9 Å². The van der Waals surface area contributed by atoms with E-state index in [4.69, 9.17) is 4.98 Å². The molecule has 170 valence electrons. The third kappa shape index (κ3) is 4.49. The SMILES string of the molecule is N#Cc1c(NC(=O)CSc2nc3ccccc3c(=O)n2Cc2ccccc2)sc2c1CCCC2. The van der Waals surface area contributed by atoms with E-state index in [1.54, 1.807) is 10.6 Å². The number of benzene rings is 2. The predicted molar refractivity (Wildman–Crippen MR) is 137 cm³/mol. The zero-order valence-electron chi connectivity index (χ0n) is 18.4. The van der Waals surface area contributed by atoms with Crippen LogP contribution in [0.1, 0.15) is 34.4 Å². The molecule has 0 unspecified atom stereocenters. The Morgan fingerprint density at radius 1 is 1.12 bits per heavy atom. The van der Waals surface area contributed by atoms with E-state index >= 15 is 0 Å². The lowest BCUT2D eigenvalue weighted by Gasteiger charge is -2.13. The van der Waals surface area contributed by atoms with Crippen molar-refractivity contribution in [3.05, 3.63) is 86.5 Å². The highest BCUT2D eigenvalue weighted by molar-refractivity contribution is 7.99. The number of aryl methyl sites for hydroxylation is 1. The summed E-state index contributed by atoms with van der Waals surface area (Å²) in [5.74, 6) is -0.124. The average Bonchev–Trinajstić information content (AvgIpc) is 3.22. The van der Waals surface area contributed by atoms with Crippen molar-refractivity contribution < 1.29 is 4.79 Å². The third-order valence-electron chi connectivity index (χ3n) is 5.88. The van der Waals surface area contributed by atoms with E-state index < -0.39 is 0 Å². The van der Waals surface area contributed by atoms with Gasteiger partial charge < -0.3 is 5.32 Å². The lowest BCUT2D eigenvalue weighted by atomic mass is 9.96. The van der Waals surface area contributed by atoms with Crippen molar-refractivity contribution in [2.45, 2.75) is 37.4 Å². The molecule has 0 radical (unpaired) electrons. The first-order valence-corrected chi connectivity index (χ1v) is 12.9. The number of carbonyl (C=O) groups is 1. The highest BCUT2D eigenvalue weighted by Crippen LogP contribution is 2.37. The van der Waals surface area contributed by atoms with Crippen molar-refractivity contribution in [2.24, 2.45) is 0 Å². The second kappa shape index (κ2) is 9.84. The van der Waals surface area contributed by atoms with Gasteiger partial charge in [-0.05, 0) is 48.9 Å². The Labute approximate surface area is 205 Å². The van der Waals surface area contributed by atoms with Crippen LogP contribution in [0.25, 0.3) is 10.9 Å². The molecule has 1 aliphatic rings. The molecule has 5 rings (SSSR count). The Morgan fingerprint density at radius 3 is 2.71 bits per heavy atom. The van der Waals surface area contributed by atoms with Gasteiger partial charge in [-0.25, -0.2) is 4.98 Å². The first kappa shape index (κ1) is 22.4. The maximum atomic E-state index is 13.3. The van der Waals surface area contributed by atoms with Gasteiger partial charge in [0.2, 0.25) is 5.91 Å². The Kier molecular flexibility index (Phi) is 6.48. The van der Waals surface area contributed by atoms with Crippen molar-refractivity contribution in [1.82, 2.24) is 9.55 Å². The van der Waals surface area contributed by atoms with Gasteiger partial charge in [0.15, 0.2) is 5.16 Å². The minimum absolute atomic E-state index is 0.0903. The molecule has 1 N–H and O–H groups in total. The van der Waals surface area contributed by atoms with Crippen LogP contribution in [-0.2, 0) is 24.2 Å². The van der Waals surface area contributed by atoms with E-state index in [2.05, 4.69) is 11.4 Å². The number of carbonyl (C=O) groups excluding carboxylic acids is 1. The van der Waals surface area contributed by atoms with Crippen molar-refractivity contribution in [3.63, 3.8) is 0 Å². The van der Waals surface area contributed by atoms with Crippen LogP contribution >= 0.6 is 23.1 Å². The zero-order chi connectivity index (χ0) is 23.5. The molecule has 6 nitrogen and oxygen atoms in total. The van der Waals surface area contributed by atoms with Crippen molar-refractivity contribution in [3.8, 4) is 6.07 Å². The van der Waals surface area contributed by atoms with Gasteiger partial charge in [0.05, 0.1) is 28.8 Å². The molecule has 34 heavy (non-hydrogen) atoms. The summed E-state index contributed by atoms with van der Waals surface area (Å²) in [5, 5.41) is 14.3. The molecule has 0 fully saturated rings. The minimum Gasteiger partial charge on any atom is -0.316 e. The Bertz CT molecular complexity index is 1470. The maximum absolute atomic E-state index is 13.3. The van der Waals surface area contributed by atoms with Gasteiger partial charge in [0.25, 0.3) is 5.56 Å². The summed E-state index contributed by atoms with van der Waals surface area (Å²) in [4.78, 5) is 32.0. The van der Waals surface area contributed by atoms with E-state index in [1.165, 1.54) is 28.0 Å². The van der Waals surface area contributed by atoms with Crippen LogP contribution in [0.4, 0.5) is 5.00 Å². The Morgan fingerprint density at radius 2 is 1.88 bits per heavy atom. The fourth-order valence-electron chi connectivity index (χ4n) is 4.23. The van der Waals surface area contributed by atoms with Gasteiger partial charge >= 0.3 is 0 Å². The van der Waals surface area contributed by atoms with Gasteiger partial charge in [-0.1, -0.05) is 54.2 Å². The fourth-order valence-corrected chi connectivity index (χ4v) is 6.28. The number of thioether (sulfide) groups is 1. The topological polar surface area (TPSA) is 87.8 Å². The second-order valence-corrected chi connectivity index (χ2v) is 10.2. The second-order valence-electron chi connectivity index (χ2n) is 8.15. The smallest absolute Gasteiger partial charge is 0.262 e. The summed E-state index contributed by atoms with van der Waals surface area (Å²) in [5.41, 5.74) is 3.15. The molecular formula is C26H22N4O2S2. The molecule has 1 aliphatic carbocycles. The summed E-state index contributed by atoms with van der Waals surface area (Å²) in [6.07, 6.45) is 4.06. The maximum Gasteiger partial charge on any atom is 0.262 e. The van der Waals surface area contributed by atoms with E-state index in [0.29, 0.717) is 33.2 Å². The van der Waals surface area contributed by atoms with E-state index in [-0.39, 0.29) is 17.2 Å². The summed E-state index contributed by atoms with van der Waals surface area (Å²) >= 11 is 2.74. The summed E-state index contributed by atoms with van der Waals surface area (Å²) in [6, 6.07) is 19.3. The lowest BCUT2D eigenvalue weighted by Crippen LogP contribution is -2.24. The molecule has 0 atom stereocenters. The summed E-state index contributed by atoms with van der Waals surface area (Å²) in [7, 11) is 0. The van der Waals surface area contributed by atoms with Crippen molar-refractivity contribution >= 4 is 44.9 Å². The molecule has 0 spiro atoms. The quantitative estimate of drug-likeness (QED) is 0.307. The molecule has 0 bridgehead atoms. The van der Waals surface area contributed by atoms with E-state index in [1.807, 2.05) is 48.5 Å². The highest BCUT2D eigenvalue weighted by Gasteiger charge is 2.22. The van der Waals surface area contributed by atoms with Crippen LogP contribution in [-0.4, -0.2) is 21.2 Å². The Balaban J connectivity index is 1.40. The van der Waals surface area contributed by atoms with Crippen molar-refractivity contribution in [2.75, 3.05) is 11.1 Å². The highest BCUT2D eigenvalue weighted by atomic mass is 32.2. The molecule has 1 amide bonds. The number of nitriles is 1. The van der Waals surface area contributed by atoms with Crippen LogP contribution < -0.4 is 10.9 Å². The largest absolute Gasteiger partial charge is 0.316 e. The summed E-state index contributed by atoms with van der Waals surface area (Å²) < 4.78 is 1.63. The van der Waals surface area contributed by atoms with Crippen LogP contribution in [0.3, 0.4) is 0 Å². The van der Waals surface area contributed by atoms with Crippen LogP contribution in [0.2, 0.25) is 0 Å². The van der Waals surface area contributed by atoms with Crippen LogP contribution in [0, 0.1) is 11.3 Å². The van der Waals surface area contributed by atoms with Crippen molar-refractivity contribution in [1.29, 1.82) is 5.26 Å². The molecule has 2 heterocycles. The third-order valence-corrected chi connectivity index (χ3v) is 8.06. The minimum atomic E-state index is -0.214. The molecule has 8 heteroatoms. The van der Waals surface area contributed by atoms with E-state index in [0.717, 1.165) is 36.8 Å². The molecule has 0 saturated carbocycles. The number of nitrogens with zero attached hydrogens (tertiary/aromatic N) is 3. The van der Waals surface area contributed by atoms with Gasteiger partial charge in [-0.3, -0.25) is 14.2 Å². The lowest BCUT2D eigenvalue weighted by molar-refractivity contribution is -0.113. The van der Waals surface area contributed by atoms with Gasteiger partial charge in [-0.15, -0.1) is 11.3 Å². The fraction of sp³-hybridized carbons (Fsp3) is 0.231. The number of amides is 1. The molecule has 0 aliphatic heterocycles. The summed E-state index contributed by atoms with van der Waals surface area (Å²) in [6.45, 7) is 0.373. The predicted octanol–water partition coefficient (Wildman–Crippen LogP) is 4.99. The molecule has 4 aromatic rings. The zero-order valence-corrected chi connectivity index (χ0v) is 20.0. The Hall–Kier alpha value is -3.41. The number of fused-ring (bicyclic) bond motifs is 2. The van der Waals surface area contributed by atoms with Crippen LogP contribution in [0.5, 0.6) is 0 Å². The first-order chi connectivity index (χ1) is 16.6. The number of aromatic nitrogens is 2. The first-order valence-electron chi connectivity index (χ1n) is 11.1. The molecule has 2 aromatic heterocycles. The number of para-hydroxylation sites is 1. The number of anilines is 1. The van der Waals surface area contributed by atoms with Gasteiger partial charge in [-0.2, -0.15) is 5.26 Å². The number of thiophene rings is 1.